The highest BCUT2D eigenvalue weighted by molar-refractivity contribution is 6.01. The van der Waals surface area contributed by atoms with Gasteiger partial charge in [0.1, 0.15) is 6.54 Å². The number of benzene rings is 2. The van der Waals surface area contributed by atoms with Crippen LogP contribution in [-0.2, 0) is 25.4 Å². The number of aromatic nitrogens is 1. The SMILES string of the molecule is CCCCCCCCCCCC1=[N+](Cc2ccc(C(C)(C)C)cc2)CCc2cc3c(cc21)oc(=O)n3C. The summed E-state index contributed by atoms with van der Waals surface area (Å²) in [6.07, 6.45) is 14.1. The fraction of sp³-hybridized carbons (Fsp3) is 0.576. The summed E-state index contributed by atoms with van der Waals surface area (Å²) in [4.78, 5) is 12.2. The van der Waals surface area contributed by atoms with Crippen LogP contribution in [0.4, 0.5) is 0 Å². The van der Waals surface area contributed by atoms with Crippen molar-refractivity contribution in [1.29, 1.82) is 0 Å². The Bertz CT molecular complexity index is 1270. The van der Waals surface area contributed by atoms with Crippen LogP contribution >= 0.6 is 0 Å². The highest BCUT2D eigenvalue weighted by atomic mass is 16.4. The van der Waals surface area contributed by atoms with Gasteiger partial charge in [-0.15, -0.1) is 0 Å². The summed E-state index contributed by atoms with van der Waals surface area (Å²) in [5.74, 6) is -0.284. The summed E-state index contributed by atoms with van der Waals surface area (Å²) in [5, 5.41) is 0. The number of oxazole rings is 1. The molecule has 4 nitrogen and oxygen atoms in total. The van der Waals surface area contributed by atoms with Gasteiger partial charge in [-0.25, -0.2) is 9.37 Å². The lowest BCUT2D eigenvalue weighted by Gasteiger charge is -2.21. The van der Waals surface area contributed by atoms with Crippen molar-refractivity contribution in [1.82, 2.24) is 4.57 Å². The number of unbranched alkanes of at least 4 members (excludes halogenated alkanes) is 8. The molecule has 0 fully saturated rings. The first-order chi connectivity index (χ1) is 17.8. The molecular formula is C33H47N2O2+. The summed E-state index contributed by atoms with van der Waals surface area (Å²) in [7, 11) is 1.80. The third-order valence-electron chi connectivity index (χ3n) is 8.07. The van der Waals surface area contributed by atoms with E-state index in [0.29, 0.717) is 5.58 Å². The molecule has 0 bridgehead atoms. The van der Waals surface area contributed by atoms with Crippen molar-refractivity contribution in [2.24, 2.45) is 7.05 Å². The normalized spacial score (nSPS) is 14.0. The molecule has 2 heterocycles. The van der Waals surface area contributed by atoms with Crippen LogP contribution in [0.25, 0.3) is 11.1 Å². The Balaban J connectivity index is 1.53. The first-order valence-corrected chi connectivity index (χ1v) is 14.6. The van der Waals surface area contributed by atoms with E-state index in [2.05, 4.69) is 68.7 Å². The fourth-order valence-corrected chi connectivity index (χ4v) is 5.65. The molecular weight excluding hydrogens is 456 g/mol. The van der Waals surface area contributed by atoms with Crippen LogP contribution in [0.15, 0.2) is 45.6 Å². The zero-order valence-electron chi connectivity index (χ0n) is 23.9. The lowest BCUT2D eigenvalue weighted by molar-refractivity contribution is -0.545. The average Bonchev–Trinajstić information content (AvgIpc) is 3.15. The van der Waals surface area contributed by atoms with Crippen molar-refractivity contribution < 1.29 is 8.99 Å². The van der Waals surface area contributed by atoms with Crippen LogP contribution in [0.2, 0.25) is 0 Å². The van der Waals surface area contributed by atoms with E-state index in [1.54, 1.807) is 11.6 Å². The molecule has 0 amide bonds. The number of hydrogen-bond acceptors (Lipinski definition) is 2. The summed E-state index contributed by atoms with van der Waals surface area (Å²) in [5.41, 5.74) is 8.53. The first-order valence-electron chi connectivity index (χ1n) is 14.6. The minimum Gasteiger partial charge on any atom is -0.408 e. The van der Waals surface area contributed by atoms with Crippen LogP contribution in [0.3, 0.4) is 0 Å². The predicted molar refractivity (Wildman–Crippen MR) is 155 cm³/mol. The third-order valence-corrected chi connectivity index (χ3v) is 8.07. The van der Waals surface area contributed by atoms with Crippen LogP contribution in [0.5, 0.6) is 0 Å². The molecule has 1 aliphatic heterocycles. The molecule has 37 heavy (non-hydrogen) atoms. The molecule has 0 saturated carbocycles. The zero-order valence-corrected chi connectivity index (χ0v) is 23.9. The molecule has 4 heteroatoms. The lowest BCUT2D eigenvalue weighted by Crippen LogP contribution is -2.30. The predicted octanol–water partition coefficient (Wildman–Crippen LogP) is 7.91. The van der Waals surface area contributed by atoms with Gasteiger partial charge in [-0.3, -0.25) is 4.57 Å². The second-order valence-electron chi connectivity index (χ2n) is 12.0. The summed E-state index contributed by atoms with van der Waals surface area (Å²) in [6.45, 7) is 11.0. The Kier molecular flexibility index (Phi) is 9.10. The number of fused-ring (bicyclic) bond motifs is 2. The summed E-state index contributed by atoms with van der Waals surface area (Å²) in [6, 6.07) is 13.5. The smallest absolute Gasteiger partial charge is 0.408 e. The second kappa shape index (κ2) is 12.3. The van der Waals surface area contributed by atoms with E-state index >= 15 is 0 Å². The maximum absolute atomic E-state index is 12.2. The Labute approximate surface area is 223 Å². The van der Waals surface area contributed by atoms with Crippen molar-refractivity contribution in [3.8, 4) is 0 Å². The molecule has 200 valence electrons. The maximum atomic E-state index is 12.2. The van der Waals surface area contributed by atoms with E-state index < -0.39 is 0 Å². The van der Waals surface area contributed by atoms with Gasteiger partial charge in [0.15, 0.2) is 17.8 Å². The first kappa shape index (κ1) is 27.4. The molecule has 1 aliphatic rings. The van der Waals surface area contributed by atoms with Gasteiger partial charge >= 0.3 is 5.76 Å². The van der Waals surface area contributed by atoms with Gasteiger partial charge < -0.3 is 4.42 Å². The molecule has 0 atom stereocenters. The van der Waals surface area contributed by atoms with Crippen molar-refractivity contribution in [3.05, 3.63) is 69.2 Å². The Hall–Kier alpha value is -2.62. The van der Waals surface area contributed by atoms with Gasteiger partial charge in [-0.2, -0.15) is 0 Å². The largest absolute Gasteiger partial charge is 0.419 e. The number of rotatable bonds is 12. The van der Waals surface area contributed by atoms with Gasteiger partial charge in [0.25, 0.3) is 0 Å². The van der Waals surface area contributed by atoms with Gasteiger partial charge in [-0.1, -0.05) is 103 Å². The molecule has 0 unspecified atom stereocenters. The van der Waals surface area contributed by atoms with Crippen molar-refractivity contribution in [2.75, 3.05) is 6.54 Å². The molecule has 0 spiro atoms. The van der Waals surface area contributed by atoms with Crippen molar-refractivity contribution in [2.45, 2.75) is 110 Å². The van der Waals surface area contributed by atoms with Gasteiger partial charge in [0.2, 0.25) is 0 Å². The van der Waals surface area contributed by atoms with Crippen molar-refractivity contribution in [3.63, 3.8) is 0 Å². The monoisotopic (exact) mass is 503 g/mol. The van der Waals surface area contributed by atoms with E-state index in [4.69, 9.17) is 4.42 Å². The second-order valence-corrected chi connectivity index (χ2v) is 12.0. The molecule has 0 N–H and O–H groups in total. The fourth-order valence-electron chi connectivity index (χ4n) is 5.65. The number of hydrogen-bond donors (Lipinski definition) is 0. The lowest BCUT2D eigenvalue weighted by atomic mass is 9.86. The summed E-state index contributed by atoms with van der Waals surface area (Å²) < 4.78 is 9.78. The van der Waals surface area contributed by atoms with Crippen molar-refractivity contribution >= 4 is 16.8 Å². The van der Waals surface area contributed by atoms with Crippen LogP contribution in [-0.4, -0.2) is 21.4 Å². The van der Waals surface area contributed by atoms with Crippen LogP contribution in [0, 0.1) is 0 Å². The third kappa shape index (κ3) is 6.83. The molecule has 1 aromatic heterocycles. The van der Waals surface area contributed by atoms with Gasteiger partial charge in [0.05, 0.1) is 5.52 Å². The minimum atomic E-state index is -0.284. The topological polar surface area (TPSA) is 38.1 Å². The Morgan fingerprint density at radius 3 is 2.22 bits per heavy atom. The minimum absolute atomic E-state index is 0.168. The van der Waals surface area contributed by atoms with Crippen LogP contribution in [0.1, 0.15) is 114 Å². The highest BCUT2D eigenvalue weighted by Gasteiger charge is 2.27. The molecule has 4 rings (SSSR count). The molecule has 0 aliphatic carbocycles. The zero-order chi connectivity index (χ0) is 26.4. The van der Waals surface area contributed by atoms with E-state index in [1.165, 1.54) is 85.8 Å². The average molecular weight is 504 g/mol. The van der Waals surface area contributed by atoms with Gasteiger partial charge in [-0.05, 0) is 35.1 Å². The van der Waals surface area contributed by atoms with E-state index in [-0.39, 0.29) is 11.2 Å². The molecule has 0 radical (unpaired) electrons. The standard InChI is InChI=1S/C33H47N2O2/c1-6-7-8-9-10-11-12-13-14-15-29-28-23-31-30(34(5)32(36)37-31)22-26(28)20-21-35(29)24-25-16-18-27(19-17-25)33(2,3)4/h16-19,22-23H,6-15,20-21,24H2,1-5H3/q+1. The number of aryl methyl sites for hydroxylation is 1. The van der Waals surface area contributed by atoms with E-state index in [9.17, 15) is 4.79 Å². The Morgan fingerprint density at radius 1 is 0.919 bits per heavy atom. The molecule has 0 saturated heterocycles. The van der Waals surface area contributed by atoms with Crippen LogP contribution < -0.4 is 5.76 Å². The summed E-state index contributed by atoms with van der Waals surface area (Å²) >= 11 is 0. The quantitative estimate of drug-likeness (QED) is 0.186. The van der Waals surface area contributed by atoms with E-state index in [1.807, 2.05) is 0 Å². The van der Waals surface area contributed by atoms with Gasteiger partial charge in [0, 0.05) is 31.0 Å². The molecule has 2 aromatic carbocycles. The molecule has 3 aromatic rings. The number of nitrogens with zero attached hydrogens (tertiary/aromatic N) is 2. The Morgan fingerprint density at radius 2 is 1.57 bits per heavy atom. The van der Waals surface area contributed by atoms with E-state index in [0.717, 1.165) is 31.4 Å². The highest BCUT2D eigenvalue weighted by Crippen LogP contribution is 2.27. The maximum Gasteiger partial charge on any atom is 0.419 e.